The van der Waals surface area contributed by atoms with Crippen molar-refractivity contribution < 1.29 is 52.3 Å². The van der Waals surface area contributed by atoms with Gasteiger partial charge in [0.2, 0.25) is 0 Å². The fourth-order valence-corrected chi connectivity index (χ4v) is 5.88. The number of rotatable bonds is 38. The summed E-state index contributed by atoms with van der Waals surface area (Å²) in [6.45, 7) is 3.82. The van der Waals surface area contributed by atoms with Gasteiger partial charge in [0.25, 0.3) is 0 Å². The van der Waals surface area contributed by atoms with Crippen molar-refractivity contribution in [2.75, 3.05) is 47.5 Å². The average Bonchev–Trinajstić information content (AvgIpc) is 3.21. The number of quaternary nitrogens is 1. The van der Waals surface area contributed by atoms with Crippen LogP contribution in [-0.2, 0) is 32.7 Å². The van der Waals surface area contributed by atoms with E-state index < -0.39 is 44.7 Å². The number of unbranched alkanes of at least 4 members (excludes halogenated alkanes) is 2. The maximum Gasteiger partial charge on any atom is 0.472 e. The van der Waals surface area contributed by atoms with Crippen LogP contribution in [0.2, 0.25) is 0 Å². The summed E-state index contributed by atoms with van der Waals surface area (Å²) in [5.41, 5.74) is 0. The number of carbonyl (C=O) groups excluding carboxylic acids is 2. The second-order valence-electron chi connectivity index (χ2n) is 15.7. The van der Waals surface area contributed by atoms with Crippen molar-refractivity contribution >= 4 is 19.8 Å². The van der Waals surface area contributed by atoms with E-state index in [2.05, 4.69) is 74.6 Å². The Morgan fingerprint density at radius 1 is 0.597 bits per heavy atom. The molecule has 1 unspecified atom stereocenters. The minimum Gasteiger partial charge on any atom is -0.462 e. The Bertz CT molecular complexity index is 1500. The number of likely N-dealkylation sites (N-methyl/N-ethyl adjacent to an activating group) is 1. The van der Waals surface area contributed by atoms with Crippen LogP contribution in [-0.4, -0.2) is 97.3 Å². The Morgan fingerprint density at radius 3 is 1.61 bits per heavy atom. The minimum atomic E-state index is -4.46. The fraction of sp³-hybridized carbons (Fsp3) is 0.560. The first-order chi connectivity index (χ1) is 29.8. The van der Waals surface area contributed by atoms with E-state index in [4.69, 9.17) is 18.5 Å². The number of phosphoric acid groups is 1. The SMILES string of the molecule is CC/C=C\C/C=C\C/C=C\C/C=C\C/C=C\C/C=C\CCC(=O)O[C@H](COC(=O)CCC[C@@H](O)/C=C/C=C\C/C=C\C=C\[C@@H](O)CCCCC)COP(=O)(O)OCC[N+](C)(C)C. The maximum atomic E-state index is 12.7. The van der Waals surface area contributed by atoms with Gasteiger partial charge in [-0.15, -0.1) is 0 Å². The van der Waals surface area contributed by atoms with Crippen molar-refractivity contribution in [3.8, 4) is 0 Å². The normalized spacial score (nSPS) is 15.7. The molecule has 0 rings (SSSR count). The molecule has 0 aliphatic carbocycles. The van der Waals surface area contributed by atoms with Gasteiger partial charge in [-0.25, -0.2) is 4.57 Å². The van der Waals surface area contributed by atoms with Crippen LogP contribution in [0.4, 0.5) is 0 Å². The lowest BCUT2D eigenvalue weighted by molar-refractivity contribution is -0.870. The molecule has 0 radical (unpaired) electrons. The van der Waals surface area contributed by atoms with Crippen molar-refractivity contribution in [3.05, 3.63) is 122 Å². The number of nitrogens with zero attached hydrogens (tertiary/aromatic N) is 1. The number of esters is 2. The van der Waals surface area contributed by atoms with Gasteiger partial charge in [0.15, 0.2) is 6.10 Å². The molecule has 11 nitrogen and oxygen atoms in total. The van der Waals surface area contributed by atoms with Gasteiger partial charge >= 0.3 is 19.8 Å². The fourth-order valence-electron chi connectivity index (χ4n) is 5.13. The lowest BCUT2D eigenvalue weighted by Crippen LogP contribution is -2.37. The van der Waals surface area contributed by atoms with E-state index in [0.29, 0.717) is 36.7 Å². The molecule has 0 saturated heterocycles. The summed E-state index contributed by atoms with van der Waals surface area (Å²) in [4.78, 5) is 35.4. The maximum absolute atomic E-state index is 12.7. The van der Waals surface area contributed by atoms with Gasteiger partial charge in [-0.3, -0.25) is 18.6 Å². The summed E-state index contributed by atoms with van der Waals surface area (Å²) < 4.78 is 34.0. The first kappa shape index (κ1) is 58.3. The van der Waals surface area contributed by atoms with E-state index in [-0.39, 0.29) is 26.1 Å². The van der Waals surface area contributed by atoms with E-state index in [1.807, 2.05) is 63.7 Å². The number of phosphoric ester groups is 1. The summed E-state index contributed by atoms with van der Waals surface area (Å²) in [5.74, 6) is -1.14. The number of aliphatic hydroxyl groups is 2. The molecule has 62 heavy (non-hydrogen) atoms. The standard InChI is InChI=1S/C50H80NO10P/c1-6-8-10-11-12-13-14-15-16-17-18-19-20-21-22-23-27-30-34-40-50(55)61-48(45-60-62(56,57)59-43-42-51(3,4)5)44-58-49(54)41-35-39-47(53)38-33-29-26-24-25-28-32-37-46(52)36-31-9-7-2/h8,10,12-13,15-16,18-19,21-22,25-30,32-33,37-38,46-48,52-53H,6-7,9,11,14,17,20,23-24,31,34-36,39-45H2,1-5H3/p+1/b10-8-,13-12-,16-15-,19-18-,22-21-,28-25-,29-26-,30-27-,37-32+,38-33+/t46-,47-,48+/m0/s1. The lowest BCUT2D eigenvalue weighted by atomic mass is 10.1. The molecule has 0 aliphatic heterocycles. The van der Waals surface area contributed by atoms with Crippen molar-refractivity contribution in [1.29, 1.82) is 0 Å². The first-order valence-electron chi connectivity index (χ1n) is 22.5. The summed E-state index contributed by atoms with van der Waals surface area (Å²) in [5, 5.41) is 20.2. The molecule has 4 atom stereocenters. The highest BCUT2D eigenvalue weighted by Crippen LogP contribution is 2.43. The molecule has 0 heterocycles. The third kappa shape index (κ3) is 43.0. The molecule has 0 spiro atoms. The summed E-state index contributed by atoms with van der Waals surface area (Å²) in [6, 6.07) is 0. The van der Waals surface area contributed by atoms with Crippen LogP contribution in [0.5, 0.6) is 0 Å². The van der Waals surface area contributed by atoms with Gasteiger partial charge in [0, 0.05) is 12.8 Å². The topological polar surface area (TPSA) is 149 Å². The Balaban J connectivity index is 4.73. The van der Waals surface area contributed by atoms with Crippen LogP contribution >= 0.6 is 7.82 Å². The van der Waals surface area contributed by atoms with Crippen molar-refractivity contribution in [2.45, 2.75) is 135 Å². The Morgan fingerprint density at radius 2 is 1.10 bits per heavy atom. The average molecular weight is 887 g/mol. The zero-order valence-corrected chi connectivity index (χ0v) is 39.4. The Hall–Kier alpha value is -3.67. The van der Waals surface area contributed by atoms with E-state index >= 15 is 0 Å². The van der Waals surface area contributed by atoms with Crippen LogP contribution in [0.3, 0.4) is 0 Å². The Kier molecular flexibility index (Phi) is 37.8. The Labute approximate surface area is 374 Å². The zero-order chi connectivity index (χ0) is 46.0. The van der Waals surface area contributed by atoms with Gasteiger partial charge in [0.05, 0.1) is 40.0 Å². The second kappa shape index (κ2) is 40.1. The van der Waals surface area contributed by atoms with Crippen LogP contribution in [0.25, 0.3) is 0 Å². The summed E-state index contributed by atoms with van der Waals surface area (Å²) in [6.07, 6.45) is 49.1. The smallest absolute Gasteiger partial charge is 0.462 e. The highest BCUT2D eigenvalue weighted by atomic mass is 31.2. The third-order valence-corrected chi connectivity index (χ3v) is 9.68. The molecule has 350 valence electrons. The second-order valence-corrected chi connectivity index (χ2v) is 17.2. The zero-order valence-electron chi connectivity index (χ0n) is 38.5. The van der Waals surface area contributed by atoms with Gasteiger partial charge in [0.1, 0.15) is 19.8 Å². The number of allylic oxidation sites excluding steroid dienone is 18. The van der Waals surface area contributed by atoms with Crippen LogP contribution in [0, 0.1) is 0 Å². The van der Waals surface area contributed by atoms with Crippen LogP contribution < -0.4 is 0 Å². The summed E-state index contributed by atoms with van der Waals surface area (Å²) >= 11 is 0. The molecule has 0 aromatic rings. The van der Waals surface area contributed by atoms with Gasteiger partial charge < -0.3 is 29.1 Å². The molecular weight excluding hydrogens is 806 g/mol. The lowest BCUT2D eigenvalue weighted by Gasteiger charge is -2.24. The van der Waals surface area contributed by atoms with Crippen molar-refractivity contribution in [1.82, 2.24) is 0 Å². The van der Waals surface area contributed by atoms with E-state index in [0.717, 1.165) is 64.2 Å². The van der Waals surface area contributed by atoms with Crippen LogP contribution in [0.15, 0.2) is 122 Å². The molecule has 0 amide bonds. The predicted molar refractivity (Wildman–Crippen MR) is 254 cm³/mol. The largest absolute Gasteiger partial charge is 0.472 e. The molecule has 0 bridgehead atoms. The highest BCUT2D eigenvalue weighted by Gasteiger charge is 2.27. The highest BCUT2D eigenvalue weighted by molar-refractivity contribution is 7.47. The first-order valence-corrected chi connectivity index (χ1v) is 24.0. The van der Waals surface area contributed by atoms with Crippen LogP contribution in [0.1, 0.15) is 117 Å². The molecule has 3 N–H and O–H groups in total. The number of carbonyl (C=O) groups is 2. The van der Waals surface area contributed by atoms with Gasteiger partial charge in [-0.05, 0) is 70.6 Å². The number of hydrogen-bond donors (Lipinski definition) is 3. The molecule has 12 heteroatoms. The quantitative estimate of drug-likeness (QED) is 0.0137. The third-order valence-electron chi connectivity index (χ3n) is 8.70. The van der Waals surface area contributed by atoms with Gasteiger partial charge in [-0.2, -0.15) is 0 Å². The van der Waals surface area contributed by atoms with E-state index in [1.54, 1.807) is 18.2 Å². The predicted octanol–water partition coefficient (Wildman–Crippen LogP) is 10.8. The minimum absolute atomic E-state index is 0.0171. The molecular formula is C50H81NO10P+. The van der Waals surface area contributed by atoms with Crippen molar-refractivity contribution in [3.63, 3.8) is 0 Å². The number of hydrogen-bond acceptors (Lipinski definition) is 9. The molecule has 0 aromatic heterocycles. The van der Waals surface area contributed by atoms with Crippen molar-refractivity contribution in [2.24, 2.45) is 0 Å². The molecule has 0 fully saturated rings. The number of aliphatic hydroxyl groups excluding tert-OH is 2. The van der Waals surface area contributed by atoms with Gasteiger partial charge in [-0.1, -0.05) is 155 Å². The summed E-state index contributed by atoms with van der Waals surface area (Å²) in [7, 11) is 1.28. The monoisotopic (exact) mass is 887 g/mol. The molecule has 0 aliphatic rings. The van der Waals surface area contributed by atoms with E-state index in [1.165, 1.54) is 0 Å². The number of ether oxygens (including phenoxy) is 2. The molecule has 0 saturated carbocycles. The molecule has 0 aromatic carbocycles. The van der Waals surface area contributed by atoms with E-state index in [9.17, 15) is 29.3 Å².